The number of halogens is 3. The molecule has 1 unspecified atom stereocenters. The molecule has 0 heterocycles. The number of nitrogens with one attached hydrogen (secondary N) is 1. The predicted molar refractivity (Wildman–Crippen MR) is 78.1 cm³/mol. The Labute approximate surface area is 120 Å². The molecule has 2 nitrogen and oxygen atoms in total. The van der Waals surface area contributed by atoms with E-state index in [0.29, 0.717) is 16.6 Å². The fourth-order valence-corrected chi connectivity index (χ4v) is 2.10. The van der Waals surface area contributed by atoms with Crippen LogP contribution in [-0.4, -0.2) is 18.3 Å². The third-order valence-electron chi connectivity index (χ3n) is 2.98. The van der Waals surface area contributed by atoms with Gasteiger partial charge in [0.15, 0.2) is 0 Å². The lowest BCUT2D eigenvalue weighted by Crippen LogP contribution is -2.29. The van der Waals surface area contributed by atoms with Crippen LogP contribution >= 0.6 is 39.1 Å². The van der Waals surface area contributed by atoms with Crippen LogP contribution < -0.4 is 5.32 Å². The van der Waals surface area contributed by atoms with Crippen LogP contribution in [0.25, 0.3) is 0 Å². The quantitative estimate of drug-likeness (QED) is 0.769. The largest absolute Gasteiger partial charge is 0.396 e. The van der Waals surface area contributed by atoms with E-state index in [4.69, 9.17) is 23.2 Å². The molecule has 0 saturated heterocycles. The normalized spacial score (nSPS) is 14.5. The Morgan fingerprint density at radius 3 is 2.53 bits per heavy atom. The molecule has 1 atom stereocenters. The van der Waals surface area contributed by atoms with E-state index in [1.807, 2.05) is 26.0 Å². The van der Waals surface area contributed by atoms with Crippen LogP contribution in [0.2, 0.25) is 10.0 Å². The Hall–Kier alpha value is 0.0400. The molecule has 1 rings (SSSR count). The van der Waals surface area contributed by atoms with Crippen molar-refractivity contribution < 1.29 is 5.11 Å². The van der Waals surface area contributed by atoms with Gasteiger partial charge in [0.05, 0.1) is 22.3 Å². The van der Waals surface area contributed by atoms with Gasteiger partial charge in [0.25, 0.3) is 0 Å². The van der Waals surface area contributed by atoms with Crippen molar-refractivity contribution in [2.24, 2.45) is 5.41 Å². The summed E-state index contributed by atoms with van der Waals surface area (Å²) in [6.45, 7) is 4.86. The van der Waals surface area contributed by atoms with Crippen LogP contribution in [0.5, 0.6) is 0 Å². The van der Waals surface area contributed by atoms with Gasteiger partial charge in [0.2, 0.25) is 0 Å². The van der Waals surface area contributed by atoms with Crippen molar-refractivity contribution in [2.75, 3.05) is 18.5 Å². The summed E-state index contributed by atoms with van der Waals surface area (Å²) in [5.74, 6) is 0. The highest BCUT2D eigenvalue weighted by atomic mass is 79.9. The molecule has 0 amide bonds. The second-order valence-corrected chi connectivity index (χ2v) is 6.01. The Balaban J connectivity index is 2.80. The number of aliphatic hydroxyl groups is 1. The Morgan fingerprint density at radius 1 is 1.35 bits per heavy atom. The van der Waals surface area contributed by atoms with Gasteiger partial charge in [0, 0.05) is 16.4 Å². The molecule has 17 heavy (non-hydrogen) atoms. The Kier molecular flexibility index (Phi) is 5.58. The molecule has 1 aromatic carbocycles. The van der Waals surface area contributed by atoms with Crippen molar-refractivity contribution >= 4 is 44.8 Å². The number of rotatable bonds is 5. The van der Waals surface area contributed by atoms with Crippen molar-refractivity contribution in [3.8, 4) is 0 Å². The van der Waals surface area contributed by atoms with Crippen LogP contribution in [0.3, 0.4) is 0 Å². The standard InChI is InChI=1S/C12H16BrCl2NO/c1-3-12(2,7-17)6-16-9-5-4-8(13)10(14)11(9)15/h4-5,16-17H,3,6-7H2,1-2H3. The molecule has 1 aromatic rings. The molecule has 0 bridgehead atoms. The van der Waals surface area contributed by atoms with E-state index < -0.39 is 0 Å². The van der Waals surface area contributed by atoms with Crippen molar-refractivity contribution in [3.05, 3.63) is 26.7 Å². The van der Waals surface area contributed by atoms with E-state index in [1.54, 1.807) is 0 Å². The zero-order chi connectivity index (χ0) is 13.1. The zero-order valence-corrected chi connectivity index (χ0v) is 13.0. The summed E-state index contributed by atoms with van der Waals surface area (Å²) in [5.41, 5.74) is 0.635. The minimum atomic E-state index is -0.150. The average molecular weight is 341 g/mol. The lowest BCUT2D eigenvalue weighted by atomic mass is 9.88. The third kappa shape index (κ3) is 3.75. The highest BCUT2D eigenvalue weighted by Gasteiger charge is 2.21. The minimum absolute atomic E-state index is 0.137. The molecule has 96 valence electrons. The maximum atomic E-state index is 9.32. The monoisotopic (exact) mass is 339 g/mol. The molecule has 0 aliphatic heterocycles. The first-order chi connectivity index (χ1) is 7.93. The molecule has 0 saturated carbocycles. The van der Waals surface area contributed by atoms with Gasteiger partial charge in [-0.2, -0.15) is 0 Å². The van der Waals surface area contributed by atoms with Gasteiger partial charge < -0.3 is 10.4 Å². The summed E-state index contributed by atoms with van der Waals surface area (Å²) in [4.78, 5) is 0. The van der Waals surface area contributed by atoms with Crippen molar-refractivity contribution in [2.45, 2.75) is 20.3 Å². The molecule has 0 spiro atoms. The van der Waals surface area contributed by atoms with E-state index in [2.05, 4.69) is 21.2 Å². The van der Waals surface area contributed by atoms with Crippen LogP contribution in [0.1, 0.15) is 20.3 Å². The highest BCUT2D eigenvalue weighted by Crippen LogP contribution is 2.36. The fraction of sp³-hybridized carbons (Fsp3) is 0.500. The van der Waals surface area contributed by atoms with Crippen molar-refractivity contribution in [1.82, 2.24) is 0 Å². The second-order valence-electron chi connectivity index (χ2n) is 4.40. The first kappa shape index (κ1) is 15.1. The predicted octanol–water partition coefficient (Wildman–Crippen LogP) is 4.58. The first-order valence-corrected chi connectivity index (χ1v) is 6.96. The summed E-state index contributed by atoms with van der Waals surface area (Å²) in [6, 6.07) is 3.71. The molecule has 0 radical (unpaired) electrons. The van der Waals surface area contributed by atoms with E-state index in [0.717, 1.165) is 16.6 Å². The van der Waals surface area contributed by atoms with Gasteiger partial charge in [-0.1, -0.05) is 37.0 Å². The maximum Gasteiger partial charge on any atom is 0.0835 e. The lowest BCUT2D eigenvalue weighted by Gasteiger charge is -2.26. The van der Waals surface area contributed by atoms with Crippen LogP contribution in [-0.2, 0) is 0 Å². The second kappa shape index (κ2) is 6.28. The number of aliphatic hydroxyl groups excluding tert-OH is 1. The lowest BCUT2D eigenvalue weighted by molar-refractivity contribution is 0.149. The SMILES string of the molecule is CCC(C)(CO)CNc1ccc(Br)c(Cl)c1Cl. The van der Waals surface area contributed by atoms with Crippen LogP contribution in [0.4, 0.5) is 5.69 Å². The third-order valence-corrected chi connectivity index (χ3v) is 4.75. The summed E-state index contributed by atoms with van der Waals surface area (Å²) >= 11 is 15.5. The van der Waals surface area contributed by atoms with E-state index in [9.17, 15) is 5.11 Å². The van der Waals surface area contributed by atoms with Crippen molar-refractivity contribution in [3.63, 3.8) is 0 Å². The average Bonchev–Trinajstić information content (AvgIpc) is 2.35. The number of hydrogen-bond acceptors (Lipinski definition) is 2. The van der Waals surface area contributed by atoms with Crippen molar-refractivity contribution in [1.29, 1.82) is 0 Å². The van der Waals surface area contributed by atoms with Gasteiger partial charge in [0.1, 0.15) is 0 Å². The van der Waals surface area contributed by atoms with Crippen LogP contribution in [0.15, 0.2) is 16.6 Å². The topological polar surface area (TPSA) is 32.3 Å². The highest BCUT2D eigenvalue weighted by molar-refractivity contribution is 9.10. The number of anilines is 1. The smallest absolute Gasteiger partial charge is 0.0835 e. The van der Waals surface area contributed by atoms with Gasteiger partial charge in [-0.05, 0) is 34.5 Å². The molecule has 0 aliphatic carbocycles. The number of hydrogen-bond donors (Lipinski definition) is 2. The van der Waals surface area contributed by atoms with E-state index in [1.165, 1.54) is 0 Å². The van der Waals surface area contributed by atoms with Crippen LogP contribution in [0, 0.1) is 5.41 Å². The molecule has 2 N–H and O–H groups in total. The van der Waals surface area contributed by atoms with Gasteiger partial charge in [-0.3, -0.25) is 0 Å². The number of benzene rings is 1. The minimum Gasteiger partial charge on any atom is -0.396 e. The summed E-state index contributed by atoms with van der Waals surface area (Å²) in [7, 11) is 0. The maximum absolute atomic E-state index is 9.32. The Bertz CT molecular complexity index is 394. The van der Waals surface area contributed by atoms with E-state index >= 15 is 0 Å². The Morgan fingerprint density at radius 2 is 2.00 bits per heavy atom. The summed E-state index contributed by atoms with van der Waals surface area (Å²) in [5, 5.41) is 13.5. The van der Waals surface area contributed by atoms with Gasteiger partial charge >= 0.3 is 0 Å². The molecule has 5 heteroatoms. The molecule has 0 aliphatic rings. The molecule has 0 aromatic heterocycles. The molecular formula is C12H16BrCl2NO. The zero-order valence-electron chi connectivity index (χ0n) is 9.86. The molecular weight excluding hydrogens is 325 g/mol. The first-order valence-electron chi connectivity index (χ1n) is 5.42. The molecule has 0 fully saturated rings. The summed E-state index contributed by atoms with van der Waals surface area (Å²) in [6.07, 6.45) is 0.887. The summed E-state index contributed by atoms with van der Waals surface area (Å²) < 4.78 is 0.773. The van der Waals surface area contributed by atoms with Gasteiger partial charge in [-0.25, -0.2) is 0 Å². The fourth-order valence-electron chi connectivity index (χ4n) is 1.26. The van der Waals surface area contributed by atoms with Gasteiger partial charge in [-0.15, -0.1) is 0 Å². The van der Waals surface area contributed by atoms with E-state index in [-0.39, 0.29) is 12.0 Å².